The topological polar surface area (TPSA) is 110 Å². The highest BCUT2D eigenvalue weighted by Crippen LogP contribution is 2.23. The number of carbonyl (C=O) groups excluding carboxylic acids is 2. The second-order valence-electron chi connectivity index (χ2n) is 6.07. The molecular weight excluding hydrogens is 342 g/mol. The predicted octanol–water partition coefficient (Wildman–Crippen LogP) is 0.407. The van der Waals surface area contributed by atoms with Crippen molar-refractivity contribution in [3.05, 3.63) is 29.8 Å². The first-order valence-corrected chi connectivity index (χ1v) is 10.1. The van der Waals surface area contributed by atoms with Crippen LogP contribution in [0.5, 0.6) is 0 Å². The van der Waals surface area contributed by atoms with E-state index in [0.717, 1.165) is 0 Å². The highest BCUT2D eigenvalue weighted by molar-refractivity contribution is 7.91. The van der Waals surface area contributed by atoms with Gasteiger partial charge in [-0.25, -0.2) is 8.42 Å². The number of carbonyl (C=O) groups is 2. The lowest BCUT2D eigenvalue weighted by Gasteiger charge is -2.32. The molecule has 1 aliphatic rings. The summed E-state index contributed by atoms with van der Waals surface area (Å²) in [7, 11) is -3.50. The summed E-state index contributed by atoms with van der Waals surface area (Å²) in [5, 5.41) is 2.75. The molecule has 7 nitrogen and oxygen atoms in total. The lowest BCUT2D eigenvalue weighted by molar-refractivity contribution is -0.126. The monoisotopic (exact) mass is 367 g/mol. The minimum absolute atomic E-state index is 0.0530. The molecule has 1 aromatic carbocycles. The maximum absolute atomic E-state index is 12.9. The van der Waals surface area contributed by atoms with Crippen molar-refractivity contribution in [2.45, 2.75) is 24.7 Å². The molecule has 1 fully saturated rings. The molecule has 0 bridgehead atoms. The van der Waals surface area contributed by atoms with Gasteiger partial charge in [0.25, 0.3) is 5.91 Å². The van der Waals surface area contributed by atoms with Crippen molar-refractivity contribution in [2.75, 3.05) is 31.9 Å². The fourth-order valence-corrected chi connectivity index (χ4v) is 4.04. The summed E-state index contributed by atoms with van der Waals surface area (Å²) in [6, 6.07) is 6.25. The van der Waals surface area contributed by atoms with Gasteiger partial charge < -0.3 is 16.0 Å². The molecule has 3 N–H and O–H groups in total. The van der Waals surface area contributed by atoms with Gasteiger partial charge in [-0.3, -0.25) is 9.59 Å². The van der Waals surface area contributed by atoms with E-state index < -0.39 is 9.84 Å². The fourth-order valence-electron chi connectivity index (χ4n) is 2.96. The van der Waals surface area contributed by atoms with Gasteiger partial charge in [-0.05, 0) is 25.0 Å². The van der Waals surface area contributed by atoms with Gasteiger partial charge in [0.1, 0.15) is 0 Å². The van der Waals surface area contributed by atoms with Crippen LogP contribution in [0.2, 0.25) is 0 Å². The molecule has 8 heteroatoms. The Balaban J connectivity index is 2.20. The standard InChI is InChI=1S/C17H25N3O4S/c1-2-25(23,24)15-8-4-3-7-14(15)17(22)20-11-5-6-13(12-20)16(21)19-10-9-18/h3-4,7-8,13H,2,5-6,9-12,18H2,1H3,(H,19,21). The average Bonchev–Trinajstić information content (AvgIpc) is 2.65. The first-order chi connectivity index (χ1) is 11.9. The number of nitrogens with zero attached hydrogens (tertiary/aromatic N) is 1. The van der Waals surface area contributed by atoms with Crippen LogP contribution in [0, 0.1) is 5.92 Å². The maximum atomic E-state index is 12.9. The van der Waals surface area contributed by atoms with E-state index in [2.05, 4.69) is 5.32 Å². The molecule has 25 heavy (non-hydrogen) atoms. The molecule has 138 valence electrons. The molecular formula is C17H25N3O4S. The molecule has 0 aromatic heterocycles. The fraction of sp³-hybridized carbons (Fsp3) is 0.529. The second kappa shape index (κ2) is 8.44. The Bertz CT molecular complexity index is 733. The van der Waals surface area contributed by atoms with Crippen molar-refractivity contribution in [3.8, 4) is 0 Å². The number of sulfone groups is 1. The zero-order chi connectivity index (χ0) is 18.4. The van der Waals surface area contributed by atoms with Crippen molar-refractivity contribution >= 4 is 21.7 Å². The number of nitrogens with two attached hydrogens (primary N) is 1. The molecule has 1 aliphatic heterocycles. The van der Waals surface area contributed by atoms with E-state index in [1.54, 1.807) is 24.0 Å². The number of piperidine rings is 1. The lowest BCUT2D eigenvalue weighted by atomic mass is 9.96. The first kappa shape index (κ1) is 19.4. The number of hydrogen-bond acceptors (Lipinski definition) is 5. The van der Waals surface area contributed by atoms with Gasteiger partial charge in [-0.15, -0.1) is 0 Å². The average molecular weight is 367 g/mol. The van der Waals surface area contributed by atoms with Crippen LogP contribution in [-0.4, -0.2) is 57.1 Å². The molecule has 2 rings (SSSR count). The minimum atomic E-state index is -3.50. The van der Waals surface area contributed by atoms with E-state index >= 15 is 0 Å². The zero-order valence-corrected chi connectivity index (χ0v) is 15.2. The Morgan fingerprint density at radius 3 is 2.72 bits per heavy atom. The largest absolute Gasteiger partial charge is 0.355 e. The van der Waals surface area contributed by atoms with Gasteiger partial charge >= 0.3 is 0 Å². The second-order valence-corrected chi connectivity index (χ2v) is 8.32. The summed E-state index contributed by atoms with van der Waals surface area (Å²) < 4.78 is 24.5. The van der Waals surface area contributed by atoms with Crippen LogP contribution in [0.25, 0.3) is 0 Å². The highest BCUT2D eigenvalue weighted by Gasteiger charge is 2.31. The Labute approximate surface area is 148 Å². The van der Waals surface area contributed by atoms with Crippen LogP contribution >= 0.6 is 0 Å². The molecule has 1 atom stereocenters. The number of amides is 2. The Morgan fingerprint density at radius 1 is 1.32 bits per heavy atom. The highest BCUT2D eigenvalue weighted by atomic mass is 32.2. The van der Waals surface area contributed by atoms with Crippen LogP contribution in [0.3, 0.4) is 0 Å². The summed E-state index contributed by atoms with van der Waals surface area (Å²) in [5.41, 5.74) is 5.57. The number of hydrogen-bond donors (Lipinski definition) is 2. The zero-order valence-electron chi connectivity index (χ0n) is 14.4. The molecule has 1 heterocycles. The molecule has 0 saturated carbocycles. The van der Waals surface area contributed by atoms with Gasteiger partial charge in [0.15, 0.2) is 9.84 Å². The Kier molecular flexibility index (Phi) is 6.55. The van der Waals surface area contributed by atoms with E-state index in [0.29, 0.717) is 32.5 Å². The summed E-state index contributed by atoms with van der Waals surface area (Å²) in [5.74, 6) is -0.818. The van der Waals surface area contributed by atoms with Crippen molar-refractivity contribution in [3.63, 3.8) is 0 Å². The van der Waals surface area contributed by atoms with Gasteiger partial charge in [0.05, 0.1) is 22.1 Å². The smallest absolute Gasteiger partial charge is 0.255 e. The third kappa shape index (κ3) is 4.58. The Hall–Kier alpha value is -1.93. The third-order valence-corrected chi connectivity index (χ3v) is 6.14. The van der Waals surface area contributed by atoms with E-state index in [9.17, 15) is 18.0 Å². The normalized spacial score (nSPS) is 18.0. The van der Waals surface area contributed by atoms with Crippen LogP contribution in [-0.2, 0) is 14.6 Å². The van der Waals surface area contributed by atoms with Gasteiger partial charge in [-0.2, -0.15) is 0 Å². The predicted molar refractivity (Wildman–Crippen MR) is 94.9 cm³/mol. The van der Waals surface area contributed by atoms with Gasteiger partial charge in [0.2, 0.25) is 5.91 Å². The quantitative estimate of drug-likeness (QED) is 0.757. The third-order valence-electron chi connectivity index (χ3n) is 4.36. The van der Waals surface area contributed by atoms with Crippen LogP contribution in [0.1, 0.15) is 30.1 Å². The molecule has 0 aliphatic carbocycles. The summed E-state index contributed by atoms with van der Waals surface area (Å²) >= 11 is 0. The van der Waals surface area contributed by atoms with Crippen LogP contribution < -0.4 is 11.1 Å². The summed E-state index contributed by atoms with van der Waals surface area (Å²) in [6.07, 6.45) is 1.41. The summed E-state index contributed by atoms with van der Waals surface area (Å²) in [6.45, 7) is 3.12. The lowest BCUT2D eigenvalue weighted by Crippen LogP contribution is -2.46. The number of benzene rings is 1. The van der Waals surface area contributed by atoms with Crippen molar-refractivity contribution in [1.29, 1.82) is 0 Å². The van der Waals surface area contributed by atoms with Crippen molar-refractivity contribution in [1.82, 2.24) is 10.2 Å². The molecule has 1 unspecified atom stereocenters. The molecule has 1 aromatic rings. The van der Waals surface area contributed by atoms with Crippen molar-refractivity contribution < 1.29 is 18.0 Å². The SMILES string of the molecule is CCS(=O)(=O)c1ccccc1C(=O)N1CCCC(C(=O)NCCN)C1. The first-order valence-electron chi connectivity index (χ1n) is 8.49. The van der Waals surface area contributed by atoms with Crippen LogP contribution in [0.15, 0.2) is 29.2 Å². The van der Waals surface area contributed by atoms with Gasteiger partial charge in [-0.1, -0.05) is 19.1 Å². The Morgan fingerprint density at radius 2 is 2.04 bits per heavy atom. The van der Waals surface area contributed by atoms with E-state index in [1.807, 2.05) is 0 Å². The van der Waals surface area contributed by atoms with Crippen LogP contribution in [0.4, 0.5) is 0 Å². The maximum Gasteiger partial charge on any atom is 0.255 e. The molecule has 0 spiro atoms. The van der Waals surface area contributed by atoms with E-state index in [-0.39, 0.29) is 40.5 Å². The molecule has 2 amide bonds. The number of rotatable bonds is 6. The minimum Gasteiger partial charge on any atom is -0.355 e. The number of likely N-dealkylation sites (tertiary alicyclic amines) is 1. The van der Waals surface area contributed by atoms with Crippen molar-refractivity contribution in [2.24, 2.45) is 11.7 Å². The summed E-state index contributed by atoms with van der Waals surface area (Å²) in [4.78, 5) is 26.6. The molecule has 1 saturated heterocycles. The molecule has 0 radical (unpaired) electrons. The van der Waals surface area contributed by atoms with E-state index in [1.165, 1.54) is 12.1 Å². The van der Waals surface area contributed by atoms with Gasteiger partial charge in [0, 0.05) is 26.2 Å². The number of nitrogens with one attached hydrogen (secondary N) is 1. The van der Waals surface area contributed by atoms with E-state index in [4.69, 9.17) is 5.73 Å².